The smallest absolute Gasteiger partial charge is 0.191 e. The van der Waals surface area contributed by atoms with Crippen molar-refractivity contribution in [2.75, 3.05) is 0 Å². The van der Waals surface area contributed by atoms with Crippen LogP contribution in [0.4, 0.5) is 0 Å². The first-order chi connectivity index (χ1) is 11.9. The number of benzene rings is 1. The molecule has 0 aliphatic heterocycles. The van der Waals surface area contributed by atoms with E-state index in [9.17, 15) is 0 Å². The van der Waals surface area contributed by atoms with Crippen LogP contribution in [0.15, 0.2) is 28.7 Å². The Kier molecular flexibility index (Phi) is 6.04. The van der Waals surface area contributed by atoms with E-state index in [1.54, 1.807) is 29.2 Å². The van der Waals surface area contributed by atoms with Gasteiger partial charge in [-0.05, 0) is 31.0 Å². The number of hydrogen-bond acceptors (Lipinski definition) is 5. The Morgan fingerprint density at radius 3 is 2.68 bits per heavy atom. The Morgan fingerprint density at radius 2 is 2.04 bits per heavy atom. The SMILES string of the molecule is Cc1nc(CSc2nnc(-c3ccc(Cl)cc3Cl)n2CC(C)C)cs1. The zero-order valence-corrected chi connectivity index (χ0v) is 17.3. The fraction of sp³-hybridized carbons (Fsp3) is 0.353. The van der Waals surface area contributed by atoms with Gasteiger partial charge in [0.05, 0.1) is 15.7 Å². The zero-order valence-electron chi connectivity index (χ0n) is 14.2. The second kappa shape index (κ2) is 8.08. The van der Waals surface area contributed by atoms with Crippen molar-refractivity contribution in [3.05, 3.63) is 44.3 Å². The third-order valence-electron chi connectivity index (χ3n) is 3.45. The average Bonchev–Trinajstić information content (AvgIpc) is 3.12. The van der Waals surface area contributed by atoms with Gasteiger partial charge in [-0.3, -0.25) is 0 Å². The number of aromatic nitrogens is 4. The van der Waals surface area contributed by atoms with Crippen LogP contribution in [0.5, 0.6) is 0 Å². The minimum atomic E-state index is 0.460. The van der Waals surface area contributed by atoms with E-state index in [0.717, 1.165) is 39.5 Å². The molecular formula is C17H18Cl2N4S2. The van der Waals surface area contributed by atoms with E-state index < -0.39 is 0 Å². The van der Waals surface area contributed by atoms with Crippen molar-refractivity contribution >= 4 is 46.3 Å². The van der Waals surface area contributed by atoms with Crippen molar-refractivity contribution in [3.63, 3.8) is 0 Å². The van der Waals surface area contributed by atoms with Crippen LogP contribution < -0.4 is 0 Å². The highest BCUT2D eigenvalue weighted by molar-refractivity contribution is 7.98. The van der Waals surface area contributed by atoms with Crippen LogP contribution in [-0.2, 0) is 12.3 Å². The molecule has 0 bridgehead atoms. The van der Waals surface area contributed by atoms with Crippen LogP contribution in [0.3, 0.4) is 0 Å². The molecule has 2 heterocycles. The van der Waals surface area contributed by atoms with Crippen molar-refractivity contribution < 1.29 is 0 Å². The number of nitrogens with zero attached hydrogens (tertiary/aromatic N) is 4. The van der Waals surface area contributed by atoms with Gasteiger partial charge in [-0.2, -0.15) is 0 Å². The number of thiazole rings is 1. The molecule has 2 aromatic heterocycles. The van der Waals surface area contributed by atoms with Crippen LogP contribution >= 0.6 is 46.3 Å². The minimum absolute atomic E-state index is 0.460. The number of aryl methyl sites for hydroxylation is 1. The standard InChI is InChI=1S/C17H18Cl2N4S2/c1-10(2)7-23-16(14-5-4-12(18)6-15(14)19)21-22-17(23)25-9-13-8-24-11(3)20-13/h4-6,8,10H,7,9H2,1-3H3. The summed E-state index contributed by atoms with van der Waals surface area (Å²) >= 11 is 15.7. The van der Waals surface area contributed by atoms with E-state index >= 15 is 0 Å². The van der Waals surface area contributed by atoms with Gasteiger partial charge in [0.1, 0.15) is 0 Å². The highest BCUT2D eigenvalue weighted by atomic mass is 35.5. The van der Waals surface area contributed by atoms with E-state index in [1.165, 1.54) is 0 Å². The molecule has 0 saturated heterocycles. The van der Waals surface area contributed by atoms with Crippen LogP contribution in [0.2, 0.25) is 10.0 Å². The molecule has 0 radical (unpaired) electrons. The molecule has 0 atom stereocenters. The van der Waals surface area contributed by atoms with E-state index in [4.69, 9.17) is 23.2 Å². The Morgan fingerprint density at radius 1 is 1.24 bits per heavy atom. The fourth-order valence-electron chi connectivity index (χ4n) is 2.41. The van der Waals surface area contributed by atoms with E-state index in [1.807, 2.05) is 19.1 Å². The molecule has 0 fully saturated rings. The lowest BCUT2D eigenvalue weighted by atomic mass is 10.2. The monoisotopic (exact) mass is 412 g/mol. The van der Waals surface area contributed by atoms with Crippen LogP contribution in [0.25, 0.3) is 11.4 Å². The van der Waals surface area contributed by atoms with Crippen LogP contribution in [0, 0.1) is 12.8 Å². The van der Waals surface area contributed by atoms with Crippen LogP contribution in [-0.4, -0.2) is 19.7 Å². The molecule has 0 aliphatic rings. The van der Waals surface area contributed by atoms with Crippen molar-refractivity contribution in [1.29, 1.82) is 0 Å². The molecule has 0 saturated carbocycles. The number of hydrogen-bond donors (Lipinski definition) is 0. The Bertz CT molecular complexity index is 873. The molecular weight excluding hydrogens is 395 g/mol. The maximum Gasteiger partial charge on any atom is 0.191 e. The average molecular weight is 413 g/mol. The minimum Gasteiger partial charge on any atom is -0.302 e. The maximum atomic E-state index is 6.38. The third-order valence-corrected chi connectivity index (χ3v) is 5.82. The molecule has 0 spiro atoms. The summed E-state index contributed by atoms with van der Waals surface area (Å²) in [6.07, 6.45) is 0. The molecule has 4 nitrogen and oxygen atoms in total. The lowest BCUT2D eigenvalue weighted by Gasteiger charge is -2.13. The van der Waals surface area contributed by atoms with E-state index in [0.29, 0.717) is 16.0 Å². The van der Waals surface area contributed by atoms with Gasteiger partial charge in [-0.15, -0.1) is 21.5 Å². The van der Waals surface area contributed by atoms with Gasteiger partial charge in [0, 0.05) is 28.3 Å². The summed E-state index contributed by atoms with van der Waals surface area (Å²) in [5.41, 5.74) is 1.91. The second-order valence-corrected chi connectivity index (χ2v) is 8.93. The molecule has 0 amide bonds. The molecule has 132 valence electrons. The topological polar surface area (TPSA) is 43.6 Å². The molecule has 1 aromatic carbocycles. The molecule has 0 aliphatic carbocycles. The molecule has 0 N–H and O–H groups in total. The molecule has 3 rings (SSSR count). The van der Waals surface area contributed by atoms with Crippen molar-refractivity contribution in [2.45, 2.75) is 38.2 Å². The normalized spacial score (nSPS) is 11.4. The van der Waals surface area contributed by atoms with Crippen molar-refractivity contribution in [1.82, 2.24) is 19.7 Å². The zero-order chi connectivity index (χ0) is 18.0. The third kappa shape index (κ3) is 4.56. The summed E-state index contributed by atoms with van der Waals surface area (Å²) < 4.78 is 2.13. The lowest BCUT2D eigenvalue weighted by Crippen LogP contribution is -2.08. The van der Waals surface area contributed by atoms with Gasteiger partial charge < -0.3 is 4.57 Å². The van der Waals surface area contributed by atoms with E-state index in [2.05, 4.69) is 39.0 Å². The molecule has 25 heavy (non-hydrogen) atoms. The summed E-state index contributed by atoms with van der Waals surface area (Å²) in [5.74, 6) is 2.00. The predicted molar refractivity (Wildman–Crippen MR) is 107 cm³/mol. The Labute approximate surface area is 165 Å². The number of thioether (sulfide) groups is 1. The first kappa shape index (κ1) is 18.7. The highest BCUT2D eigenvalue weighted by Crippen LogP contribution is 2.32. The van der Waals surface area contributed by atoms with Crippen molar-refractivity contribution in [2.24, 2.45) is 5.92 Å². The van der Waals surface area contributed by atoms with Gasteiger partial charge in [-0.1, -0.05) is 48.8 Å². The van der Waals surface area contributed by atoms with Gasteiger partial charge in [0.2, 0.25) is 0 Å². The van der Waals surface area contributed by atoms with Gasteiger partial charge >= 0.3 is 0 Å². The quantitative estimate of drug-likeness (QED) is 0.468. The van der Waals surface area contributed by atoms with Gasteiger partial charge in [0.15, 0.2) is 11.0 Å². The highest BCUT2D eigenvalue weighted by Gasteiger charge is 2.18. The summed E-state index contributed by atoms with van der Waals surface area (Å²) in [6.45, 7) is 7.18. The van der Waals surface area contributed by atoms with E-state index in [-0.39, 0.29) is 0 Å². The largest absolute Gasteiger partial charge is 0.302 e. The lowest BCUT2D eigenvalue weighted by molar-refractivity contribution is 0.498. The van der Waals surface area contributed by atoms with Crippen LogP contribution in [0.1, 0.15) is 24.5 Å². The Hall–Kier alpha value is -1.08. The fourth-order valence-corrected chi connectivity index (χ4v) is 4.46. The summed E-state index contributed by atoms with van der Waals surface area (Å²) in [5, 5.41) is 14.0. The first-order valence-corrected chi connectivity index (χ1v) is 10.5. The first-order valence-electron chi connectivity index (χ1n) is 7.86. The number of halogens is 2. The summed E-state index contributed by atoms with van der Waals surface area (Å²) in [6, 6.07) is 5.45. The second-order valence-electron chi connectivity index (χ2n) is 6.08. The molecule has 3 aromatic rings. The summed E-state index contributed by atoms with van der Waals surface area (Å²) in [4.78, 5) is 4.51. The van der Waals surface area contributed by atoms with Gasteiger partial charge in [-0.25, -0.2) is 4.98 Å². The predicted octanol–water partition coefficient (Wildman–Crippen LogP) is 5.97. The molecule has 8 heteroatoms. The van der Waals surface area contributed by atoms with Crippen molar-refractivity contribution in [3.8, 4) is 11.4 Å². The number of rotatable bonds is 6. The Balaban J connectivity index is 1.92. The van der Waals surface area contributed by atoms with Gasteiger partial charge in [0.25, 0.3) is 0 Å². The summed E-state index contributed by atoms with van der Waals surface area (Å²) in [7, 11) is 0. The maximum absolute atomic E-state index is 6.38. The molecule has 0 unspecified atom stereocenters.